The molecule has 0 saturated carbocycles. The number of aliphatic hydroxyl groups is 1. The van der Waals surface area contributed by atoms with Crippen molar-refractivity contribution in [3.8, 4) is 0 Å². The highest BCUT2D eigenvalue weighted by molar-refractivity contribution is 5.78. The van der Waals surface area contributed by atoms with Crippen LogP contribution in [0.5, 0.6) is 0 Å². The summed E-state index contributed by atoms with van der Waals surface area (Å²) in [6.45, 7) is 1.57. The third-order valence-corrected chi connectivity index (χ3v) is 3.58. The van der Waals surface area contributed by atoms with Gasteiger partial charge in [-0.25, -0.2) is 8.78 Å². The first-order valence-electron chi connectivity index (χ1n) is 7.54. The Morgan fingerprint density at radius 3 is 2.21 bits per heavy atom. The second kappa shape index (κ2) is 7.84. The molecule has 0 aliphatic rings. The minimum Gasteiger partial charge on any atom is -0.384 e. The summed E-state index contributed by atoms with van der Waals surface area (Å²) in [4.78, 5) is 11.8. The van der Waals surface area contributed by atoms with Crippen LogP contribution >= 0.6 is 0 Å². The smallest absolute Gasteiger partial charge is 0.223 e. The average molecular weight is 331 g/mol. The summed E-state index contributed by atoms with van der Waals surface area (Å²) in [6, 6.07) is 11.4. The molecule has 1 unspecified atom stereocenters. The van der Waals surface area contributed by atoms with Crippen LogP contribution in [0.3, 0.4) is 0 Å². The Bertz CT molecular complexity index is 707. The number of carbonyl (C=O) groups is 1. The van der Waals surface area contributed by atoms with E-state index in [9.17, 15) is 18.7 Å². The molecule has 1 atom stereocenters. The van der Waals surface area contributed by atoms with Gasteiger partial charge in [-0.2, -0.15) is 0 Å². The van der Waals surface area contributed by atoms with Gasteiger partial charge < -0.3 is 10.4 Å². The number of benzene rings is 2. The van der Waals surface area contributed by atoms with E-state index in [4.69, 9.17) is 0 Å². The van der Waals surface area contributed by atoms with E-state index in [0.717, 1.165) is 5.56 Å². The van der Waals surface area contributed by atoms with Crippen molar-refractivity contribution in [2.45, 2.75) is 18.9 Å². The average Bonchev–Trinajstić information content (AvgIpc) is 2.55. The van der Waals surface area contributed by atoms with Crippen LogP contribution in [0.4, 0.5) is 8.78 Å². The van der Waals surface area contributed by atoms with Gasteiger partial charge in [-0.1, -0.05) is 36.4 Å². The molecule has 0 aliphatic heterocycles. The molecular weight excluding hydrogens is 312 g/mol. The summed E-state index contributed by atoms with van der Waals surface area (Å²) in [7, 11) is 0. The maximum absolute atomic E-state index is 12.9. The van der Waals surface area contributed by atoms with E-state index < -0.39 is 5.60 Å². The van der Waals surface area contributed by atoms with Crippen LogP contribution in [0.1, 0.15) is 24.5 Å². The third-order valence-electron chi connectivity index (χ3n) is 3.58. The molecular formula is C19H19F2NO2. The van der Waals surface area contributed by atoms with E-state index in [-0.39, 0.29) is 30.5 Å². The molecule has 2 N–H and O–H groups in total. The lowest BCUT2D eigenvalue weighted by Gasteiger charge is -2.24. The number of amides is 1. The standard InChI is InChI=1S/C19H19F2NO2/c1-19(24,15-7-11-17(21)12-8-15)13-22-18(23)4-2-3-14-5-9-16(20)10-6-14/h2-3,5-12,24H,4,13H2,1H3,(H,22,23)/b3-2+. The van der Waals surface area contributed by atoms with Gasteiger partial charge in [-0.3, -0.25) is 4.79 Å². The largest absolute Gasteiger partial charge is 0.384 e. The molecule has 2 rings (SSSR count). The Balaban J connectivity index is 1.83. The van der Waals surface area contributed by atoms with Crippen molar-refractivity contribution in [1.29, 1.82) is 0 Å². The number of carbonyl (C=O) groups excluding carboxylic acids is 1. The van der Waals surface area contributed by atoms with Crippen LogP contribution in [-0.2, 0) is 10.4 Å². The second-order valence-corrected chi connectivity index (χ2v) is 5.72. The molecule has 0 saturated heterocycles. The minimum absolute atomic E-state index is 0.0157. The highest BCUT2D eigenvalue weighted by Crippen LogP contribution is 2.19. The van der Waals surface area contributed by atoms with Gasteiger partial charge in [0.1, 0.15) is 17.2 Å². The fourth-order valence-corrected chi connectivity index (χ4v) is 2.13. The molecule has 0 heterocycles. The molecule has 0 aliphatic carbocycles. The topological polar surface area (TPSA) is 49.3 Å². The number of rotatable bonds is 6. The van der Waals surface area contributed by atoms with Crippen LogP contribution in [0.2, 0.25) is 0 Å². The Morgan fingerprint density at radius 2 is 1.62 bits per heavy atom. The summed E-state index contributed by atoms with van der Waals surface area (Å²) in [5.74, 6) is -0.951. The molecule has 1 amide bonds. The quantitative estimate of drug-likeness (QED) is 0.852. The van der Waals surface area contributed by atoms with Gasteiger partial charge in [0, 0.05) is 6.42 Å². The summed E-state index contributed by atoms with van der Waals surface area (Å²) < 4.78 is 25.7. The fourth-order valence-electron chi connectivity index (χ4n) is 2.13. The maximum atomic E-state index is 12.9. The SMILES string of the molecule is CC(O)(CNC(=O)C/C=C/c1ccc(F)cc1)c1ccc(F)cc1. The van der Waals surface area contributed by atoms with Gasteiger partial charge in [-0.15, -0.1) is 0 Å². The van der Waals surface area contributed by atoms with Crippen LogP contribution < -0.4 is 5.32 Å². The van der Waals surface area contributed by atoms with Crippen LogP contribution in [-0.4, -0.2) is 17.6 Å². The van der Waals surface area contributed by atoms with E-state index >= 15 is 0 Å². The molecule has 24 heavy (non-hydrogen) atoms. The minimum atomic E-state index is -1.29. The molecule has 0 bridgehead atoms. The zero-order chi connectivity index (χ0) is 17.6. The van der Waals surface area contributed by atoms with Crippen molar-refractivity contribution in [2.24, 2.45) is 0 Å². The normalized spacial score (nSPS) is 13.7. The number of nitrogens with one attached hydrogen (secondary N) is 1. The van der Waals surface area contributed by atoms with Gasteiger partial charge in [0.15, 0.2) is 0 Å². The van der Waals surface area contributed by atoms with Gasteiger partial charge in [0.2, 0.25) is 5.91 Å². The first-order chi connectivity index (χ1) is 11.4. The van der Waals surface area contributed by atoms with E-state index in [1.54, 1.807) is 31.2 Å². The van der Waals surface area contributed by atoms with E-state index in [1.165, 1.54) is 36.4 Å². The Hall–Kier alpha value is -2.53. The number of hydrogen-bond donors (Lipinski definition) is 2. The summed E-state index contributed by atoms with van der Waals surface area (Å²) >= 11 is 0. The van der Waals surface area contributed by atoms with E-state index in [1.807, 2.05) is 0 Å². The summed E-state index contributed by atoms with van der Waals surface area (Å²) in [5.41, 5.74) is 0.0258. The molecule has 0 aromatic heterocycles. The van der Waals surface area contributed by atoms with Crippen LogP contribution in [0, 0.1) is 11.6 Å². The Morgan fingerprint density at radius 1 is 1.08 bits per heavy atom. The van der Waals surface area contributed by atoms with Gasteiger partial charge in [0.05, 0.1) is 6.54 Å². The Labute approximate surface area is 139 Å². The molecule has 126 valence electrons. The molecule has 2 aromatic carbocycles. The second-order valence-electron chi connectivity index (χ2n) is 5.72. The first kappa shape index (κ1) is 17.8. The zero-order valence-corrected chi connectivity index (χ0v) is 13.3. The fraction of sp³-hybridized carbons (Fsp3) is 0.211. The summed E-state index contributed by atoms with van der Waals surface area (Å²) in [5, 5.41) is 13.0. The molecule has 5 heteroatoms. The lowest BCUT2D eigenvalue weighted by atomic mass is 9.96. The van der Waals surface area contributed by atoms with Crippen molar-refractivity contribution in [2.75, 3.05) is 6.54 Å². The van der Waals surface area contributed by atoms with Crippen molar-refractivity contribution < 1.29 is 18.7 Å². The predicted molar refractivity (Wildman–Crippen MR) is 89.0 cm³/mol. The van der Waals surface area contributed by atoms with Crippen LogP contribution in [0.15, 0.2) is 54.6 Å². The highest BCUT2D eigenvalue weighted by atomic mass is 19.1. The number of hydrogen-bond acceptors (Lipinski definition) is 2. The van der Waals surface area contributed by atoms with Gasteiger partial charge >= 0.3 is 0 Å². The molecule has 0 spiro atoms. The summed E-state index contributed by atoms with van der Waals surface area (Å²) in [6.07, 6.45) is 3.52. The lowest BCUT2D eigenvalue weighted by molar-refractivity contribution is -0.121. The highest BCUT2D eigenvalue weighted by Gasteiger charge is 2.23. The maximum Gasteiger partial charge on any atom is 0.223 e. The van der Waals surface area contributed by atoms with Crippen molar-refractivity contribution in [3.63, 3.8) is 0 Å². The monoisotopic (exact) mass is 331 g/mol. The molecule has 0 fully saturated rings. The van der Waals surface area contributed by atoms with Crippen molar-refractivity contribution in [1.82, 2.24) is 5.32 Å². The lowest BCUT2D eigenvalue weighted by Crippen LogP contribution is -2.38. The van der Waals surface area contributed by atoms with E-state index in [2.05, 4.69) is 5.32 Å². The number of halogens is 2. The molecule has 0 radical (unpaired) electrons. The zero-order valence-electron chi connectivity index (χ0n) is 13.3. The predicted octanol–water partition coefficient (Wildman–Crippen LogP) is 3.39. The third kappa shape index (κ3) is 5.28. The molecule has 3 nitrogen and oxygen atoms in total. The molecule has 2 aromatic rings. The van der Waals surface area contributed by atoms with E-state index in [0.29, 0.717) is 5.56 Å². The van der Waals surface area contributed by atoms with Crippen molar-refractivity contribution >= 4 is 12.0 Å². The van der Waals surface area contributed by atoms with Gasteiger partial charge in [-0.05, 0) is 42.3 Å². The van der Waals surface area contributed by atoms with Crippen LogP contribution in [0.25, 0.3) is 6.08 Å². The van der Waals surface area contributed by atoms with Gasteiger partial charge in [0.25, 0.3) is 0 Å². The van der Waals surface area contributed by atoms with Crippen molar-refractivity contribution in [3.05, 3.63) is 77.4 Å². The Kier molecular flexibility index (Phi) is 5.82. The first-order valence-corrected chi connectivity index (χ1v) is 7.54.